The van der Waals surface area contributed by atoms with Crippen molar-refractivity contribution in [2.75, 3.05) is 5.73 Å². The zero-order chi connectivity index (χ0) is 13.7. The molecular weight excluding hydrogens is 270 g/mol. The van der Waals surface area contributed by atoms with Crippen molar-refractivity contribution in [3.63, 3.8) is 0 Å². The van der Waals surface area contributed by atoms with E-state index in [1.165, 1.54) is 18.4 Å². The Kier molecular flexibility index (Phi) is 2.51. The topological polar surface area (TPSA) is 43.3 Å². The molecule has 0 atom stereocenters. The van der Waals surface area contributed by atoms with Crippen LogP contribution in [0.4, 0.5) is 5.82 Å². The van der Waals surface area contributed by atoms with Crippen molar-refractivity contribution in [2.24, 2.45) is 0 Å². The average Bonchev–Trinajstić information content (AvgIpc) is 3.26. The van der Waals surface area contributed by atoms with E-state index in [0.29, 0.717) is 10.8 Å². The summed E-state index contributed by atoms with van der Waals surface area (Å²) in [5, 5.41) is 0.653. The maximum absolute atomic E-state index is 6.22. The van der Waals surface area contributed by atoms with Gasteiger partial charge in [0.2, 0.25) is 0 Å². The van der Waals surface area contributed by atoms with Crippen LogP contribution in [0.1, 0.15) is 24.3 Å². The van der Waals surface area contributed by atoms with Crippen LogP contribution in [-0.4, -0.2) is 9.38 Å². The van der Waals surface area contributed by atoms with Crippen LogP contribution < -0.4 is 5.73 Å². The van der Waals surface area contributed by atoms with E-state index in [9.17, 15) is 0 Å². The Morgan fingerprint density at radius 3 is 2.85 bits per heavy atom. The van der Waals surface area contributed by atoms with Crippen molar-refractivity contribution >= 4 is 23.1 Å². The Morgan fingerprint density at radius 1 is 1.20 bits per heavy atom. The fourth-order valence-corrected chi connectivity index (χ4v) is 2.77. The first kappa shape index (κ1) is 11.8. The Balaban J connectivity index is 1.89. The predicted molar refractivity (Wildman–Crippen MR) is 82.0 cm³/mol. The van der Waals surface area contributed by atoms with Gasteiger partial charge in [-0.1, -0.05) is 29.8 Å². The summed E-state index contributed by atoms with van der Waals surface area (Å²) in [7, 11) is 0. The molecule has 2 N–H and O–H groups in total. The van der Waals surface area contributed by atoms with E-state index in [-0.39, 0.29) is 0 Å². The number of nitrogens with two attached hydrogens (primary N) is 1. The summed E-state index contributed by atoms with van der Waals surface area (Å²) >= 11 is 6.02. The first-order valence-electron chi connectivity index (χ1n) is 6.76. The highest BCUT2D eigenvalue weighted by Gasteiger charge is 2.24. The van der Waals surface area contributed by atoms with Crippen LogP contribution in [0.3, 0.4) is 0 Å². The third-order valence-electron chi connectivity index (χ3n) is 3.83. The fourth-order valence-electron chi connectivity index (χ4n) is 2.61. The molecule has 100 valence electrons. The van der Waals surface area contributed by atoms with Gasteiger partial charge < -0.3 is 5.73 Å². The van der Waals surface area contributed by atoms with Gasteiger partial charge in [-0.2, -0.15) is 0 Å². The summed E-state index contributed by atoms with van der Waals surface area (Å²) in [4.78, 5) is 4.62. The molecule has 4 heteroatoms. The molecule has 2 aromatic heterocycles. The lowest BCUT2D eigenvalue weighted by atomic mass is 10.1. The average molecular weight is 284 g/mol. The SMILES string of the molecule is Nc1c(-c2cccc(C3CC3)c2)nc2ccc(Cl)cn12. The number of imidazole rings is 1. The van der Waals surface area contributed by atoms with Crippen molar-refractivity contribution in [2.45, 2.75) is 18.8 Å². The van der Waals surface area contributed by atoms with Gasteiger partial charge in [-0.3, -0.25) is 4.40 Å². The molecule has 1 aliphatic carbocycles. The molecule has 3 nitrogen and oxygen atoms in total. The van der Waals surface area contributed by atoms with Gasteiger partial charge in [0.15, 0.2) is 0 Å². The third-order valence-corrected chi connectivity index (χ3v) is 4.05. The van der Waals surface area contributed by atoms with Crippen molar-refractivity contribution in [3.8, 4) is 11.3 Å². The number of rotatable bonds is 2. The van der Waals surface area contributed by atoms with Crippen molar-refractivity contribution in [1.29, 1.82) is 0 Å². The van der Waals surface area contributed by atoms with E-state index >= 15 is 0 Å². The summed E-state index contributed by atoms with van der Waals surface area (Å²) in [6, 6.07) is 12.2. The van der Waals surface area contributed by atoms with Crippen LogP contribution in [0.25, 0.3) is 16.9 Å². The molecule has 20 heavy (non-hydrogen) atoms. The highest BCUT2D eigenvalue weighted by Crippen LogP contribution is 2.41. The van der Waals surface area contributed by atoms with Crippen molar-refractivity contribution in [3.05, 3.63) is 53.2 Å². The zero-order valence-electron chi connectivity index (χ0n) is 10.9. The third kappa shape index (κ3) is 1.86. The Hall–Kier alpha value is -2.00. The molecule has 0 spiro atoms. The maximum Gasteiger partial charge on any atom is 0.139 e. The normalized spacial score (nSPS) is 14.8. The zero-order valence-corrected chi connectivity index (χ0v) is 11.6. The molecule has 0 amide bonds. The second-order valence-corrected chi connectivity index (χ2v) is 5.76. The number of hydrogen-bond acceptors (Lipinski definition) is 2. The van der Waals surface area contributed by atoms with E-state index in [1.807, 2.05) is 16.5 Å². The van der Waals surface area contributed by atoms with Crippen LogP contribution in [0.15, 0.2) is 42.6 Å². The van der Waals surface area contributed by atoms with E-state index < -0.39 is 0 Å². The van der Waals surface area contributed by atoms with E-state index in [2.05, 4.69) is 29.2 Å². The molecule has 0 radical (unpaired) electrons. The van der Waals surface area contributed by atoms with Gasteiger partial charge in [0.25, 0.3) is 0 Å². The van der Waals surface area contributed by atoms with Gasteiger partial charge in [0, 0.05) is 11.8 Å². The molecule has 1 fully saturated rings. The van der Waals surface area contributed by atoms with Gasteiger partial charge in [-0.15, -0.1) is 0 Å². The van der Waals surface area contributed by atoms with Crippen LogP contribution in [0.5, 0.6) is 0 Å². The van der Waals surface area contributed by atoms with E-state index in [0.717, 1.165) is 22.8 Å². The standard InChI is InChI=1S/C16H14ClN3/c17-13-6-7-14-19-15(16(18)20(14)9-13)12-3-1-2-11(8-12)10-4-5-10/h1-3,6-10H,4-5,18H2. The van der Waals surface area contributed by atoms with Crippen LogP contribution in [0.2, 0.25) is 5.02 Å². The number of benzene rings is 1. The summed E-state index contributed by atoms with van der Waals surface area (Å²) in [5.41, 5.74) is 10.3. The quantitative estimate of drug-likeness (QED) is 0.769. The predicted octanol–water partition coefficient (Wildman–Crippen LogP) is 4.11. The molecule has 0 unspecified atom stereocenters. The highest BCUT2D eigenvalue weighted by molar-refractivity contribution is 6.30. The number of anilines is 1. The lowest BCUT2D eigenvalue weighted by Gasteiger charge is -2.03. The second kappa shape index (κ2) is 4.25. The second-order valence-electron chi connectivity index (χ2n) is 5.32. The van der Waals surface area contributed by atoms with Crippen molar-refractivity contribution in [1.82, 2.24) is 9.38 Å². The molecule has 2 heterocycles. The Morgan fingerprint density at radius 2 is 2.05 bits per heavy atom. The first-order chi connectivity index (χ1) is 9.72. The molecule has 0 aliphatic heterocycles. The number of aromatic nitrogens is 2. The number of fused-ring (bicyclic) bond motifs is 1. The van der Waals surface area contributed by atoms with Gasteiger partial charge in [0.05, 0.1) is 5.02 Å². The minimum Gasteiger partial charge on any atom is -0.383 e. The summed E-state index contributed by atoms with van der Waals surface area (Å²) in [5.74, 6) is 1.36. The number of nitrogen functional groups attached to an aromatic ring is 1. The first-order valence-corrected chi connectivity index (χ1v) is 7.13. The van der Waals surface area contributed by atoms with Gasteiger partial charge >= 0.3 is 0 Å². The Labute approximate surface area is 122 Å². The van der Waals surface area contributed by atoms with Gasteiger partial charge in [-0.25, -0.2) is 4.98 Å². The van der Waals surface area contributed by atoms with Crippen LogP contribution >= 0.6 is 11.6 Å². The van der Waals surface area contributed by atoms with E-state index in [1.54, 1.807) is 6.20 Å². The lowest BCUT2D eigenvalue weighted by molar-refractivity contribution is 1.13. The molecular formula is C16H14ClN3. The molecule has 0 bridgehead atoms. The molecule has 3 aromatic rings. The highest BCUT2D eigenvalue weighted by atomic mass is 35.5. The monoisotopic (exact) mass is 283 g/mol. The summed E-state index contributed by atoms with van der Waals surface area (Å²) in [6.45, 7) is 0. The number of pyridine rings is 1. The summed E-state index contributed by atoms with van der Waals surface area (Å²) < 4.78 is 1.83. The lowest BCUT2D eigenvalue weighted by Crippen LogP contribution is -1.94. The fraction of sp³-hybridized carbons (Fsp3) is 0.188. The number of nitrogens with zero attached hydrogens (tertiary/aromatic N) is 2. The molecule has 1 saturated carbocycles. The van der Waals surface area contributed by atoms with E-state index in [4.69, 9.17) is 17.3 Å². The van der Waals surface area contributed by atoms with Gasteiger partial charge in [0.1, 0.15) is 17.2 Å². The maximum atomic E-state index is 6.22. The largest absolute Gasteiger partial charge is 0.383 e. The minimum atomic E-state index is 0.635. The molecule has 4 rings (SSSR count). The van der Waals surface area contributed by atoms with Crippen LogP contribution in [0, 0.1) is 0 Å². The molecule has 1 aliphatic rings. The Bertz CT molecular complexity index is 803. The van der Waals surface area contributed by atoms with Crippen molar-refractivity contribution < 1.29 is 0 Å². The number of hydrogen-bond donors (Lipinski definition) is 1. The van der Waals surface area contributed by atoms with Crippen LogP contribution in [-0.2, 0) is 0 Å². The smallest absolute Gasteiger partial charge is 0.139 e. The van der Waals surface area contributed by atoms with Gasteiger partial charge in [-0.05, 0) is 42.5 Å². The molecule has 1 aromatic carbocycles. The molecule has 0 saturated heterocycles. The summed E-state index contributed by atoms with van der Waals surface area (Å²) in [6.07, 6.45) is 4.38. The number of halogens is 1. The minimum absolute atomic E-state index is 0.635.